The van der Waals surface area contributed by atoms with Gasteiger partial charge in [-0.15, -0.1) is 11.3 Å². The molecule has 0 aromatic carbocycles. The molecular formula is C24H24O3S. The first kappa shape index (κ1) is 15.4. The predicted molar refractivity (Wildman–Crippen MR) is 104 cm³/mol. The van der Waals surface area contributed by atoms with E-state index in [0.717, 1.165) is 41.1 Å². The maximum Gasteiger partial charge on any atom is 0.342 e. The minimum absolute atomic E-state index is 0.156. The van der Waals surface area contributed by atoms with E-state index in [1.54, 1.807) is 0 Å². The van der Waals surface area contributed by atoms with Crippen molar-refractivity contribution in [1.29, 1.82) is 0 Å². The smallest absolute Gasteiger partial charge is 0.342 e. The van der Waals surface area contributed by atoms with E-state index in [-0.39, 0.29) is 23.3 Å². The lowest BCUT2D eigenvalue weighted by atomic mass is 9.28. The molecule has 7 saturated carbocycles. The number of hydrogen-bond acceptors (Lipinski definition) is 4. The third kappa shape index (κ3) is 1.35. The summed E-state index contributed by atoms with van der Waals surface area (Å²) in [6.07, 6.45) is 6.79. The summed E-state index contributed by atoms with van der Waals surface area (Å²) in [4.78, 5) is 27.4. The number of thiophene rings is 1. The van der Waals surface area contributed by atoms with Crippen molar-refractivity contribution in [3.63, 3.8) is 0 Å². The Labute approximate surface area is 168 Å². The Morgan fingerprint density at radius 2 is 1.68 bits per heavy atom. The Balaban J connectivity index is 1.45. The van der Waals surface area contributed by atoms with E-state index in [1.807, 2.05) is 18.3 Å². The van der Waals surface area contributed by atoms with Crippen LogP contribution >= 0.6 is 11.3 Å². The number of rotatable bonds is 0. The molecule has 0 amide bonds. The van der Waals surface area contributed by atoms with Crippen molar-refractivity contribution in [2.45, 2.75) is 44.4 Å². The third-order valence-electron chi connectivity index (χ3n) is 10.6. The average molecular weight is 393 g/mol. The zero-order valence-corrected chi connectivity index (χ0v) is 16.8. The van der Waals surface area contributed by atoms with E-state index >= 15 is 0 Å². The van der Waals surface area contributed by atoms with Gasteiger partial charge in [0, 0.05) is 10.3 Å². The second kappa shape index (κ2) is 4.50. The molecule has 2 heterocycles. The molecule has 1 spiro atoms. The van der Waals surface area contributed by atoms with Gasteiger partial charge < -0.3 is 4.74 Å². The Bertz CT molecular complexity index is 995. The molecule has 4 heteroatoms. The fourth-order valence-corrected chi connectivity index (χ4v) is 11.6. The van der Waals surface area contributed by atoms with Crippen LogP contribution in [0.1, 0.15) is 49.5 Å². The topological polar surface area (TPSA) is 43.4 Å². The van der Waals surface area contributed by atoms with Gasteiger partial charge in [-0.3, -0.25) is 4.79 Å². The third-order valence-corrected chi connectivity index (χ3v) is 11.6. The molecule has 28 heavy (non-hydrogen) atoms. The first-order chi connectivity index (χ1) is 13.6. The number of hydrogen-bond donors (Lipinski definition) is 0. The van der Waals surface area contributed by atoms with Crippen LogP contribution in [0.4, 0.5) is 0 Å². The first-order valence-corrected chi connectivity index (χ1v) is 12.0. The number of carbonyl (C=O) groups is 2. The molecule has 10 atom stereocenters. The summed E-state index contributed by atoms with van der Waals surface area (Å²) in [5.74, 6) is 5.42. The van der Waals surface area contributed by atoms with E-state index in [9.17, 15) is 9.59 Å². The molecule has 1 saturated heterocycles. The highest BCUT2D eigenvalue weighted by atomic mass is 32.1. The molecule has 144 valence electrons. The number of ether oxygens (including phenoxy) is 1. The number of fused-ring (bicyclic) bond motifs is 2. The standard InChI is InChI=1S/C24H24O3S/c1-9-12-2-3-28-21(12)24(20-18(9)22(25)27-23(20)26)11-7-14-13-4-10-5-16(14)19(24)17(6-10)15(13)8-11/h2-3,10-11,13-17,19-20H,4-8H2,1H3/t10?,11?,13?,14-,15+,16?,17?,19?,20-,24+/m1/s1. The van der Waals surface area contributed by atoms with Crippen LogP contribution in [-0.4, -0.2) is 11.9 Å². The van der Waals surface area contributed by atoms with Gasteiger partial charge in [0.25, 0.3) is 0 Å². The van der Waals surface area contributed by atoms with Gasteiger partial charge in [-0.2, -0.15) is 0 Å². The summed E-state index contributed by atoms with van der Waals surface area (Å²) < 4.78 is 5.33. The van der Waals surface area contributed by atoms with Crippen LogP contribution in [0.5, 0.6) is 0 Å². The SMILES string of the molecule is CC1=C2C(=O)OC(=O)[C@@H]2[C@]2(c3sccc31)C1C[C@@H]3C4CC5CC(C42)[C@H](C1)C3C5. The molecule has 0 N–H and O–H groups in total. The highest BCUT2D eigenvalue weighted by molar-refractivity contribution is 7.10. The molecule has 9 aliphatic rings. The molecule has 1 aromatic heterocycles. The second-order valence-corrected chi connectivity index (χ2v) is 11.8. The van der Waals surface area contributed by atoms with Gasteiger partial charge in [0.1, 0.15) is 5.92 Å². The number of carbonyl (C=O) groups excluding carboxylic acids is 2. The average Bonchev–Trinajstić information content (AvgIpc) is 3.29. The maximum absolute atomic E-state index is 13.2. The lowest BCUT2D eigenvalue weighted by molar-refractivity contribution is -0.248. The first-order valence-electron chi connectivity index (χ1n) is 11.2. The molecule has 6 unspecified atom stereocenters. The molecule has 8 fully saturated rings. The fraction of sp³-hybridized carbons (Fsp3) is 0.667. The van der Waals surface area contributed by atoms with Gasteiger partial charge >= 0.3 is 11.9 Å². The fourth-order valence-electron chi connectivity index (χ4n) is 10.3. The molecular weight excluding hydrogens is 368 g/mol. The minimum Gasteiger partial charge on any atom is -0.389 e. The highest BCUT2D eigenvalue weighted by Crippen LogP contribution is 2.79. The Morgan fingerprint density at radius 1 is 1.00 bits per heavy atom. The molecule has 1 aromatic rings. The van der Waals surface area contributed by atoms with Crippen LogP contribution in [0.2, 0.25) is 0 Å². The Hall–Kier alpha value is -1.42. The lowest BCUT2D eigenvalue weighted by Crippen LogP contribution is -2.72. The van der Waals surface area contributed by atoms with Crippen molar-refractivity contribution in [1.82, 2.24) is 0 Å². The van der Waals surface area contributed by atoms with Gasteiger partial charge in [0.2, 0.25) is 0 Å². The van der Waals surface area contributed by atoms with Crippen molar-refractivity contribution < 1.29 is 14.3 Å². The van der Waals surface area contributed by atoms with Crippen LogP contribution < -0.4 is 0 Å². The largest absolute Gasteiger partial charge is 0.389 e. The molecule has 10 rings (SSSR count). The summed E-state index contributed by atoms with van der Waals surface area (Å²) in [6, 6.07) is 2.20. The quantitative estimate of drug-likeness (QED) is 0.485. The van der Waals surface area contributed by atoms with Gasteiger partial charge in [0.05, 0.1) is 5.57 Å². The van der Waals surface area contributed by atoms with Crippen LogP contribution in [0.3, 0.4) is 0 Å². The van der Waals surface area contributed by atoms with Crippen molar-refractivity contribution in [3.8, 4) is 0 Å². The summed E-state index contributed by atoms with van der Waals surface area (Å²) >= 11 is 1.86. The molecule has 8 bridgehead atoms. The van der Waals surface area contributed by atoms with E-state index in [0.29, 0.717) is 17.4 Å². The van der Waals surface area contributed by atoms with Crippen LogP contribution in [0.15, 0.2) is 17.0 Å². The van der Waals surface area contributed by atoms with Crippen LogP contribution in [0, 0.1) is 53.3 Å². The van der Waals surface area contributed by atoms with Crippen LogP contribution in [0.25, 0.3) is 5.57 Å². The highest BCUT2D eigenvalue weighted by Gasteiger charge is 2.76. The summed E-state index contributed by atoms with van der Waals surface area (Å²) in [6.45, 7) is 2.03. The van der Waals surface area contributed by atoms with Gasteiger partial charge in [-0.25, -0.2) is 4.79 Å². The van der Waals surface area contributed by atoms with E-state index in [4.69, 9.17) is 4.74 Å². The summed E-state index contributed by atoms with van der Waals surface area (Å²) in [5.41, 5.74) is 2.81. The summed E-state index contributed by atoms with van der Waals surface area (Å²) in [5, 5.41) is 2.20. The second-order valence-electron chi connectivity index (χ2n) is 10.9. The van der Waals surface area contributed by atoms with Crippen molar-refractivity contribution in [2.75, 3.05) is 0 Å². The molecule has 1 aliphatic heterocycles. The van der Waals surface area contributed by atoms with Crippen molar-refractivity contribution >= 4 is 28.8 Å². The van der Waals surface area contributed by atoms with Gasteiger partial charge in [-0.1, -0.05) is 0 Å². The summed E-state index contributed by atoms with van der Waals surface area (Å²) in [7, 11) is 0. The Morgan fingerprint density at radius 3 is 2.43 bits per heavy atom. The number of cyclic esters (lactones) is 2. The monoisotopic (exact) mass is 392 g/mol. The normalized spacial score (nSPS) is 54.0. The minimum atomic E-state index is -0.356. The van der Waals surface area contributed by atoms with E-state index in [2.05, 4.69) is 11.4 Å². The predicted octanol–water partition coefficient (Wildman–Crippen LogP) is 4.42. The molecule has 3 nitrogen and oxygen atoms in total. The van der Waals surface area contributed by atoms with Crippen molar-refractivity contribution in [3.05, 3.63) is 27.5 Å². The van der Waals surface area contributed by atoms with Crippen LogP contribution in [-0.2, 0) is 19.7 Å². The lowest BCUT2D eigenvalue weighted by Gasteiger charge is -2.76. The molecule has 8 aliphatic carbocycles. The Kier molecular flexibility index (Phi) is 2.48. The van der Waals surface area contributed by atoms with Gasteiger partial charge in [-0.05, 0) is 109 Å². The van der Waals surface area contributed by atoms with E-state index < -0.39 is 0 Å². The number of esters is 2. The molecule has 0 radical (unpaired) electrons. The van der Waals surface area contributed by atoms with E-state index in [1.165, 1.54) is 42.5 Å². The maximum atomic E-state index is 13.2. The zero-order valence-electron chi connectivity index (χ0n) is 16.0. The zero-order chi connectivity index (χ0) is 18.5. The van der Waals surface area contributed by atoms with Crippen molar-refractivity contribution in [2.24, 2.45) is 53.3 Å². The van der Waals surface area contributed by atoms with Gasteiger partial charge in [0.15, 0.2) is 0 Å². The number of allylic oxidation sites excluding steroid dienone is 1.